The van der Waals surface area contributed by atoms with Crippen molar-refractivity contribution >= 4 is 11.6 Å². The second-order valence-corrected chi connectivity index (χ2v) is 4.87. The van der Waals surface area contributed by atoms with E-state index < -0.39 is 0 Å². The molecule has 1 aromatic heterocycles. The molecule has 1 N–H and O–H groups in total. The van der Waals surface area contributed by atoms with E-state index in [4.69, 9.17) is 0 Å². The zero-order chi connectivity index (χ0) is 13.1. The molecule has 1 aromatic rings. The van der Waals surface area contributed by atoms with Crippen molar-refractivity contribution in [3.8, 4) is 0 Å². The third kappa shape index (κ3) is 2.81. The van der Waals surface area contributed by atoms with Gasteiger partial charge in [0.2, 0.25) is 0 Å². The van der Waals surface area contributed by atoms with Gasteiger partial charge in [-0.25, -0.2) is 0 Å². The first kappa shape index (κ1) is 12.9. The van der Waals surface area contributed by atoms with Crippen LogP contribution in [0.4, 0.5) is 5.69 Å². The molecule has 0 aliphatic heterocycles. The van der Waals surface area contributed by atoms with Crippen LogP contribution in [0.15, 0.2) is 18.3 Å². The molecule has 0 spiro atoms. The third-order valence-corrected chi connectivity index (χ3v) is 3.49. The first-order chi connectivity index (χ1) is 8.65. The van der Waals surface area contributed by atoms with E-state index in [1.807, 2.05) is 26.0 Å². The van der Waals surface area contributed by atoms with Crippen LogP contribution in [0, 0.1) is 5.92 Å². The van der Waals surface area contributed by atoms with E-state index >= 15 is 0 Å². The van der Waals surface area contributed by atoms with Gasteiger partial charge < -0.3 is 10.2 Å². The Morgan fingerprint density at radius 2 is 2.17 bits per heavy atom. The molecule has 18 heavy (non-hydrogen) atoms. The Labute approximate surface area is 108 Å². The molecule has 0 radical (unpaired) electrons. The zero-order valence-electron chi connectivity index (χ0n) is 11.3. The first-order valence-electron chi connectivity index (χ1n) is 6.67. The van der Waals surface area contributed by atoms with Crippen molar-refractivity contribution in [3.63, 3.8) is 0 Å². The summed E-state index contributed by atoms with van der Waals surface area (Å²) >= 11 is 0. The van der Waals surface area contributed by atoms with Gasteiger partial charge in [0, 0.05) is 31.0 Å². The maximum absolute atomic E-state index is 12.2. The number of carbonyl (C=O) groups is 1. The fraction of sp³-hybridized carbons (Fsp3) is 0.571. The Hall–Kier alpha value is -1.58. The Kier molecular flexibility index (Phi) is 3.84. The van der Waals surface area contributed by atoms with Crippen LogP contribution < -0.4 is 5.32 Å². The minimum atomic E-state index is 0.00694. The summed E-state index contributed by atoms with van der Waals surface area (Å²) in [4.78, 5) is 18.1. The van der Waals surface area contributed by atoms with Crippen molar-refractivity contribution in [3.05, 3.63) is 24.0 Å². The van der Waals surface area contributed by atoms with E-state index in [-0.39, 0.29) is 5.91 Å². The average Bonchev–Trinajstić information content (AvgIpc) is 3.06. The molecule has 2 atom stereocenters. The van der Waals surface area contributed by atoms with Gasteiger partial charge in [0.05, 0.1) is 0 Å². The molecule has 4 heteroatoms. The molecule has 1 amide bonds. The SMILES string of the molecule is CCN(CC)C(=O)c1cc(NC2CC2C)ccn1. The van der Waals surface area contributed by atoms with E-state index in [1.54, 1.807) is 11.1 Å². The molecule has 1 fully saturated rings. The summed E-state index contributed by atoms with van der Waals surface area (Å²) in [7, 11) is 0. The van der Waals surface area contributed by atoms with Crippen LogP contribution in [0.3, 0.4) is 0 Å². The topological polar surface area (TPSA) is 45.2 Å². The summed E-state index contributed by atoms with van der Waals surface area (Å²) in [6.45, 7) is 7.62. The van der Waals surface area contributed by atoms with Crippen molar-refractivity contribution in [1.82, 2.24) is 9.88 Å². The predicted molar refractivity (Wildman–Crippen MR) is 72.7 cm³/mol. The van der Waals surface area contributed by atoms with Crippen LogP contribution in [0.5, 0.6) is 0 Å². The Morgan fingerprint density at radius 1 is 1.50 bits per heavy atom. The summed E-state index contributed by atoms with van der Waals surface area (Å²) in [6, 6.07) is 4.33. The number of aromatic nitrogens is 1. The predicted octanol–water partition coefficient (Wildman–Crippen LogP) is 2.38. The van der Waals surface area contributed by atoms with Crippen molar-refractivity contribution in [2.45, 2.75) is 33.2 Å². The lowest BCUT2D eigenvalue weighted by Crippen LogP contribution is -2.31. The molecule has 1 aliphatic carbocycles. The molecular weight excluding hydrogens is 226 g/mol. The summed E-state index contributed by atoms with van der Waals surface area (Å²) in [5.41, 5.74) is 1.52. The minimum Gasteiger partial charge on any atom is -0.382 e. The molecule has 1 aliphatic rings. The minimum absolute atomic E-state index is 0.00694. The maximum Gasteiger partial charge on any atom is 0.272 e. The van der Waals surface area contributed by atoms with Gasteiger partial charge in [-0.15, -0.1) is 0 Å². The molecule has 4 nitrogen and oxygen atoms in total. The van der Waals surface area contributed by atoms with Crippen molar-refractivity contribution in [2.75, 3.05) is 18.4 Å². The number of anilines is 1. The van der Waals surface area contributed by atoms with Crippen LogP contribution in [-0.4, -0.2) is 34.9 Å². The summed E-state index contributed by atoms with van der Waals surface area (Å²) in [5, 5.41) is 3.43. The first-order valence-corrected chi connectivity index (χ1v) is 6.67. The van der Waals surface area contributed by atoms with Crippen LogP contribution in [0.25, 0.3) is 0 Å². The normalized spacial score (nSPS) is 21.5. The Balaban J connectivity index is 2.08. The van der Waals surface area contributed by atoms with Gasteiger partial charge >= 0.3 is 0 Å². The number of hydrogen-bond donors (Lipinski definition) is 1. The molecule has 98 valence electrons. The van der Waals surface area contributed by atoms with Gasteiger partial charge in [0.15, 0.2) is 0 Å². The lowest BCUT2D eigenvalue weighted by molar-refractivity contribution is 0.0767. The smallest absolute Gasteiger partial charge is 0.272 e. The number of rotatable bonds is 5. The number of pyridine rings is 1. The highest BCUT2D eigenvalue weighted by Gasteiger charge is 2.32. The quantitative estimate of drug-likeness (QED) is 0.869. The number of nitrogens with zero attached hydrogens (tertiary/aromatic N) is 2. The van der Waals surface area contributed by atoms with E-state index in [9.17, 15) is 4.79 Å². The lowest BCUT2D eigenvalue weighted by Gasteiger charge is -2.18. The molecular formula is C14H21N3O. The van der Waals surface area contributed by atoms with Crippen LogP contribution in [-0.2, 0) is 0 Å². The molecule has 2 unspecified atom stereocenters. The van der Waals surface area contributed by atoms with Gasteiger partial charge in [-0.3, -0.25) is 9.78 Å². The molecule has 2 rings (SSSR count). The van der Waals surface area contributed by atoms with Gasteiger partial charge in [-0.2, -0.15) is 0 Å². The summed E-state index contributed by atoms with van der Waals surface area (Å²) in [6.07, 6.45) is 2.91. The third-order valence-electron chi connectivity index (χ3n) is 3.49. The highest BCUT2D eigenvalue weighted by Crippen LogP contribution is 2.32. The lowest BCUT2D eigenvalue weighted by atomic mass is 10.2. The van der Waals surface area contributed by atoms with Gasteiger partial charge in [0.25, 0.3) is 5.91 Å². The summed E-state index contributed by atoms with van der Waals surface area (Å²) < 4.78 is 0. The molecule has 1 saturated carbocycles. The standard InChI is InChI=1S/C14H21N3O/c1-4-17(5-2)14(18)13-9-11(6-7-15-13)16-12-8-10(12)3/h6-7,9-10,12H,4-5,8H2,1-3H3,(H,15,16). The van der Waals surface area contributed by atoms with Gasteiger partial charge in [-0.1, -0.05) is 6.92 Å². The van der Waals surface area contributed by atoms with Crippen molar-refractivity contribution in [1.29, 1.82) is 0 Å². The van der Waals surface area contributed by atoms with E-state index in [2.05, 4.69) is 17.2 Å². The van der Waals surface area contributed by atoms with Crippen molar-refractivity contribution in [2.24, 2.45) is 5.92 Å². The average molecular weight is 247 g/mol. The highest BCUT2D eigenvalue weighted by molar-refractivity contribution is 5.93. The largest absolute Gasteiger partial charge is 0.382 e. The molecule has 0 aromatic carbocycles. The highest BCUT2D eigenvalue weighted by atomic mass is 16.2. The number of nitrogens with one attached hydrogen (secondary N) is 1. The fourth-order valence-corrected chi connectivity index (χ4v) is 2.05. The van der Waals surface area contributed by atoms with E-state index in [1.165, 1.54) is 6.42 Å². The van der Waals surface area contributed by atoms with Crippen molar-refractivity contribution < 1.29 is 4.79 Å². The number of hydrogen-bond acceptors (Lipinski definition) is 3. The summed E-state index contributed by atoms with van der Waals surface area (Å²) in [5.74, 6) is 0.743. The van der Waals surface area contributed by atoms with Gasteiger partial charge in [0.1, 0.15) is 5.69 Å². The molecule has 0 saturated heterocycles. The van der Waals surface area contributed by atoms with Crippen LogP contribution >= 0.6 is 0 Å². The number of carbonyl (C=O) groups excluding carboxylic acids is 1. The Bertz CT molecular complexity index is 429. The second kappa shape index (κ2) is 5.38. The maximum atomic E-state index is 12.2. The van der Waals surface area contributed by atoms with Crippen LogP contribution in [0.2, 0.25) is 0 Å². The second-order valence-electron chi connectivity index (χ2n) is 4.87. The zero-order valence-corrected chi connectivity index (χ0v) is 11.3. The number of amides is 1. The van der Waals surface area contributed by atoms with E-state index in [0.717, 1.165) is 11.6 Å². The van der Waals surface area contributed by atoms with E-state index in [0.29, 0.717) is 24.8 Å². The monoisotopic (exact) mass is 247 g/mol. The Morgan fingerprint density at radius 3 is 2.72 bits per heavy atom. The fourth-order valence-electron chi connectivity index (χ4n) is 2.05. The molecule has 0 bridgehead atoms. The van der Waals surface area contributed by atoms with Gasteiger partial charge in [-0.05, 0) is 38.3 Å². The van der Waals surface area contributed by atoms with Crippen LogP contribution in [0.1, 0.15) is 37.7 Å². The molecule has 1 heterocycles.